The van der Waals surface area contributed by atoms with Crippen molar-refractivity contribution in [3.63, 3.8) is 0 Å². The maximum absolute atomic E-state index is 13.1. The highest BCUT2D eigenvalue weighted by atomic mass is 35.6. The number of hydrogen-bond donors (Lipinski definition) is 1. The number of benzene rings is 1. The minimum atomic E-state index is -1.83. The van der Waals surface area contributed by atoms with Gasteiger partial charge in [-0.3, -0.25) is 14.5 Å². The second kappa shape index (κ2) is 12.2. The molecule has 14 heteroatoms. The van der Waals surface area contributed by atoms with Crippen molar-refractivity contribution in [1.29, 1.82) is 0 Å². The molecule has 0 spiro atoms. The molecule has 2 amide bonds. The number of alkyl halides is 3. The Bertz CT molecular complexity index is 1060. The summed E-state index contributed by atoms with van der Waals surface area (Å²) < 4.78 is 3.96. The third-order valence-electron chi connectivity index (χ3n) is 4.32. The van der Waals surface area contributed by atoms with Crippen LogP contribution in [0.5, 0.6) is 0 Å². The first kappa shape index (κ1) is 27.4. The number of aromatic nitrogens is 1. The number of nitrogens with one attached hydrogen (secondary N) is 1. The molecule has 0 bridgehead atoms. The summed E-state index contributed by atoms with van der Waals surface area (Å²) >= 11 is 24.6. The summed E-state index contributed by atoms with van der Waals surface area (Å²) in [4.78, 5) is 43.8. The molecular formula is C20H17Cl4N3O4S3. The molecule has 2 aromatic rings. The average molecular weight is 601 g/mol. The number of nitrogens with zero attached hydrogens (tertiary/aromatic N) is 2. The van der Waals surface area contributed by atoms with Crippen LogP contribution in [0, 0.1) is 0 Å². The van der Waals surface area contributed by atoms with Crippen molar-refractivity contribution in [2.24, 2.45) is 0 Å². The molecule has 2 unspecified atom stereocenters. The molecule has 1 N–H and O–H groups in total. The van der Waals surface area contributed by atoms with Crippen LogP contribution in [0.4, 0.5) is 0 Å². The first-order valence-electron chi connectivity index (χ1n) is 9.56. The van der Waals surface area contributed by atoms with Crippen LogP contribution in [-0.4, -0.2) is 49.5 Å². The smallest absolute Gasteiger partial charge is 0.356 e. The quantitative estimate of drug-likeness (QED) is 0.140. The Morgan fingerprint density at radius 1 is 1.26 bits per heavy atom. The molecule has 1 aliphatic heterocycles. The summed E-state index contributed by atoms with van der Waals surface area (Å²) in [5.41, 5.74) is 0.615. The maximum atomic E-state index is 13.1. The van der Waals surface area contributed by atoms with Gasteiger partial charge in [-0.25, -0.2) is 9.78 Å². The number of rotatable bonds is 9. The van der Waals surface area contributed by atoms with Gasteiger partial charge in [0.1, 0.15) is 23.7 Å². The van der Waals surface area contributed by atoms with Gasteiger partial charge in [0.05, 0.1) is 6.42 Å². The van der Waals surface area contributed by atoms with Crippen molar-refractivity contribution < 1.29 is 19.1 Å². The zero-order valence-corrected chi connectivity index (χ0v) is 22.8. The van der Waals surface area contributed by atoms with Crippen LogP contribution in [0.25, 0.3) is 0 Å². The van der Waals surface area contributed by atoms with Crippen LogP contribution >= 0.6 is 79.3 Å². The fourth-order valence-electron chi connectivity index (χ4n) is 2.90. The van der Waals surface area contributed by atoms with E-state index in [9.17, 15) is 14.4 Å². The summed E-state index contributed by atoms with van der Waals surface area (Å²) in [6.45, 7) is 0.910. The zero-order chi connectivity index (χ0) is 24.9. The summed E-state index contributed by atoms with van der Waals surface area (Å²) in [6, 6.07) is 8.24. The van der Waals surface area contributed by atoms with Crippen molar-refractivity contribution in [1.82, 2.24) is 15.2 Å². The SMILES string of the molecule is C/C(Cl)=C(\C(=O)OCC(Cl)(Cl)Cl)N1C(=O)C(NC(=O)Cc2ccccc2)C1SSc1nccs1. The van der Waals surface area contributed by atoms with Crippen LogP contribution in [-0.2, 0) is 25.5 Å². The number of allylic oxidation sites excluding steroid dienone is 1. The fraction of sp³-hybridized carbons (Fsp3) is 0.300. The lowest BCUT2D eigenvalue weighted by molar-refractivity contribution is -0.152. The highest BCUT2D eigenvalue weighted by Crippen LogP contribution is 2.44. The number of carbonyl (C=O) groups is 3. The lowest BCUT2D eigenvalue weighted by atomic mass is 10.0. The summed E-state index contributed by atoms with van der Waals surface area (Å²) in [7, 11) is 2.56. The second-order valence-corrected chi connectivity index (χ2v) is 13.4. The summed E-state index contributed by atoms with van der Waals surface area (Å²) in [5, 5.41) is 3.92. The molecule has 1 aromatic carbocycles. The lowest BCUT2D eigenvalue weighted by Gasteiger charge is -2.46. The number of β-lactam (4-membered cyclic amide) rings is 1. The van der Waals surface area contributed by atoms with Gasteiger partial charge in [-0.05, 0) is 23.3 Å². The Morgan fingerprint density at radius 3 is 2.56 bits per heavy atom. The highest BCUT2D eigenvalue weighted by Gasteiger charge is 2.52. The molecule has 1 aliphatic rings. The topological polar surface area (TPSA) is 88.6 Å². The second-order valence-electron chi connectivity index (χ2n) is 6.86. The summed E-state index contributed by atoms with van der Waals surface area (Å²) in [6.07, 6.45) is 1.75. The van der Waals surface area contributed by atoms with Gasteiger partial charge in [0.2, 0.25) is 9.70 Å². The van der Waals surface area contributed by atoms with Crippen LogP contribution < -0.4 is 5.32 Å². The van der Waals surface area contributed by atoms with E-state index in [-0.39, 0.29) is 23.1 Å². The van der Waals surface area contributed by atoms with Gasteiger partial charge in [0, 0.05) is 16.6 Å². The first-order valence-corrected chi connectivity index (χ1v) is 14.2. The van der Waals surface area contributed by atoms with E-state index in [2.05, 4.69) is 10.3 Å². The molecule has 0 aliphatic carbocycles. The van der Waals surface area contributed by atoms with Gasteiger partial charge in [0.15, 0.2) is 4.34 Å². The normalized spacial score (nSPS) is 18.7. The van der Waals surface area contributed by atoms with Gasteiger partial charge in [-0.1, -0.05) is 87.5 Å². The van der Waals surface area contributed by atoms with Gasteiger partial charge in [0.25, 0.3) is 5.91 Å². The van der Waals surface area contributed by atoms with Crippen LogP contribution in [0.3, 0.4) is 0 Å². The van der Waals surface area contributed by atoms with Crippen molar-refractivity contribution in [2.45, 2.75) is 32.9 Å². The number of hydrogen-bond acceptors (Lipinski definition) is 8. The number of thiazole rings is 1. The Morgan fingerprint density at radius 2 is 1.97 bits per heavy atom. The third kappa shape index (κ3) is 7.43. The van der Waals surface area contributed by atoms with E-state index in [1.807, 2.05) is 35.7 Å². The zero-order valence-electron chi connectivity index (χ0n) is 17.4. The third-order valence-corrected chi connectivity index (χ3v) is 8.63. The van der Waals surface area contributed by atoms with Gasteiger partial charge < -0.3 is 10.1 Å². The van der Waals surface area contributed by atoms with Crippen molar-refractivity contribution in [3.8, 4) is 0 Å². The number of halogens is 4. The standard InChI is InChI=1S/C20H17Cl4N3O4S3/c1-11(21)15(18(30)31-10-20(22,23)24)27-16(29)14(17(27)33-34-19-25-7-8-32-19)26-13(28)9-12-5-3-2-4-6-12/h2-8,14,17H,9-10H2,1H3,(H,26,28)/b15-11-. The molecule has 0 saturated carbocycles. The lowest BCUT2D eigenvalue weighted by Crippen LogP contribution is -2.69. The van der Waals surface area contributed by atoms with E-state index in [1.54, 1.807) is 6.20 Å². The average Bonchev–Trinajstić information content (AvgIpc) is 3.29. The number of carbonyl (C=O) groups excluding carboxylic acids is 3. The minimum absolute atomic E-state index is 0.0154. The molecule has 1 saturated heterocycles. The van der Waals surface area contributed by atoms with E-state index < -0.39 is 33.7 Å². The maximum Gasteiger partial charge on any atom is 0.356 e. The van der Waals surface area contributed by atoms with Crippen LogP contribution in [0.15, 0.2) is 57.0 Å². The van der Waals surface area contributed by atoms with E-state index in [4.69, 9.17) is 51.1 Å². The van der Waals surface area contributed by atoms with E-state index >= 15 is 0 Å². The summed E-state index contributed by atoms with van der Waals surface area (Å²) in [5.74, 6) is -1.77. The molecule has 0 radical (unpaired) electrons. The molecule has 34 heavy (non-hydrogen) atoms. The highest BCUT2D eigenvalue weighted by molar-refractivity contribution is 8.77. The van der Waals surface area contributed by atoms with Gasteiger partial charge >= 0.3 is 5.97 Å². The van der Waals surface area contributed by atoms with Crippen molar-refractivity contribution >= 4 is 97.1 Å². The minimum Gasteiger partial charge on any atom is -0.456 e. The molecule has 182 valence electrons. The molecule has 1 fully saturated rings. The molecule has 2 heterocycles. The Balaban J connectivity index is 1.77. The first-order chi connectivity index (χ1) is 16.1. The monoisotopic (exact) mass is 599 g/mol. The molecule has 1 aromatic heterocycles. The van der Waals surface area contributed by atoms with E-state index in [1.165, 1.54) is 44.7 Å². The Kier molecular flexibility index (Phi) is 9.85. The largest absolute Gasteiger partial charge is 0.456 e. The van der Waals surface area contributed by atoms with Crippen LogP contribution in [0.1, 0.15) is 12.5 Å². The number of likely N-dealkylation sites (tertiary alicyclic amines) is 1. The molecule has 7 nitrogen and oxygen atoms in total. The predicted octanol–water partition coefficient (Wildman–Crippen LogP) is 5.16. The number of ether oxygens (including phenoxy) is 1. The van der Waals surface area contributed by atoms with Gasteiger partial charge in [-0.15, -0.1) is 11.3 Å². The Hall–Kier alpha value is -1.14. The van der Waals surface area contributed by atoms with Gasteiger partial charge in [-0.2, -0.15) is 0 Å². The van der Waals surface area contributed by atoms with Crippen LogP contribution in [0.2, 0.25) is 0 Å². The Labute approximate surface area is 227 Å². The van der Waals surface area contributed by atoms with Crippen molar-refractivity contribution in [2.75, 3.05) is 6.61 Å². The molecule has 2 atom stereocenters. The predicted molar refractivity (Wildman–Crippen MR) is 138 cm³/mol. The molecular weight excluding hydrogens is 584 g/mol. The molecule has 3 rings (SSSR count). The van der Waals surface area contributed by atoms with E-state index in [0.717, 1.165) is 9.90 Å². The van der Waals surface area contributed by atoms with Crippen molar-refractivity contribution in [3.05, 3.63) is 58.2 Å². The van der Waals surface area contributed by atoms with E-state index in [0.29, 0.717) is 0 Å². The number of esters is 1. The number of amides is 2. The fourth-order valence-corrected chi connectivity index (χ4v) is 6.76.